The van der Waals surface area contributed by atoms with Crippen LogP contribution in [0.3, 0.4) is 0 Å². The smallest absolute Gasteiger partial charge is 0.0223 e. The molecule has 0 saturated carbocycles. The van der Waals surface area contributed by atoms with E-state index >= 15 is 0 Å². The van der Waals surface area contributed by atoms with Gasteiger partial charge < -0.3 is 9.88 Å². The van der Waals surface area contributed by atoms with Crippen molar-refractivity contribution in [1.82, 2.24) is 9.88 Å². The predicted octanol–water partition coefficient (Wildman–Crippen LogP) is 3.75. The lowest BCUT2D eigenvalue weighted by atomic mass is 10.1. The molecule has 0 bridgehead atoms. The van der Waals surface area contributed by atoms with E-state index in [2.05, 4.69) is 66.5 Å². The first-order valence-corrected chi connectivity index (χ1v) is 7.25. The molecule has 2 heteroatoms. The molecule has 19 heavy (non-hydrogen) atoms. The summed E-state index contributed by atoms with van der Waals surface area (Å²) in [6.07, 6.45) is 6.69. The molecule has 1 aromatic carbocycles. The summed E-state index contributed by atoms with van der Waals surface area (Å²) < 4.78 is 2.26. The molecule has 102 valence electrons. The minimum atomic E-state index is 0.933. The van der Waals surface area contributed by atoms with Crippen LogP contribution in [0.5, 0.6) is 0 Å². The molecule has 0 aliphatic rings. The minimum Gasteiger partial charge on any atom is -0.354 e. The molecule has 0 unspecified atom stereocenters. The van der Waals surface area contributed by atoms with Crippen molar-refractivity contribution in [2.45, 2.75) is 46.3 Å². The molecule has 0 aliphatic carbocycles. The van der Waals surface area contributed by atoms with Crippen LogP contribution in [-0.2, 0) is 26.1 Å². The van der Waals surface area contributed by atoms with Crippen LogP contribution in [-0.4, -0.2) is 4.57 Å². The van der Waals surface area contributed by atoms with E-state index in [-0.39, 0.29) is 0 Å². The van der Waals surface area contributed by atoms with Crippen molar-refractivity contribution in [2.24, 2.45) is 0 Å². The Morgan fingerprint density at radius 3 is 2.26 bits per heavy atom. The number of aromatic nitrogens is 1. The Kier molecular flexibility index (Phi) is 5.22. The monoisotopic (exact) mass is 256 g/mol. The Morgan fingerprint density at radius 1 is 0.895 bits per heavy atom. The van der Waals surface area contributed by atoms with E-state index in [4.69, 9.17) is 0 Å². The highest BCUT2D eigenvalue weighted by Crippen LogP contribution is 2.06. The molecule has 0 radical (unpaired) electrons. The first-order valence-electron chi connectivity index (χ1n) is 7.25. The summed E-state index contributed by atoms with van der Waals surface area (Å²) in [6.45, 7) is 7.37. The van der Waals surface area contributed by atoms with Gasteiger partial charge in [0.15, 0.2) is 0 Å². The van der Waals surface area contributed by atoms with Gasteiger partial charge in [0, 0.05) is 32.0 Å². The van der Waals surface area contributed by atoms with Gasteiger partial charge in [0.25, 0.3) is 0 Å². The van der Waals surface area contributed by atoms with Crippen LogP contribution in [0.4, 0.5) is 0 Å². The predicted molar refractivity (Wildman–Crippen MR) is 81.1 cm³/mol. The summed E-state index contributed by atoms with van der Waals surface area (Å²) >= 11 is 0. The van der Waals surface area contributed by atoms with Crippen molar-refractivity contribution in [1.29, 1.82) is 0 Å². The van der Waals surface area contributed by atoms with E-state index in [1.807, 2.05) is 0 Å². The maximum atomic E-state index is 3.50. The highest BCUT2D eigenvalue weighted by Gasteiger charge is 1.97. The molecular formula is C17H24N2. The van der Waals surface area contributed by atoms with Gasteiger partial charge in [0.2, 0.25) is 0 Å². The Balaban J connectivity index is 1.78. The normalized spacial score (nSPS) is 10.8. The zero-order valence-electron chi connectivity index (χ0n) is 12.0. The van der Waals surface area contributed by atoms with Gasteiger partial charge in [0.05, 0.1) is 0 Å². The molecular weight excluding hydrogens is 232 g/mol. The third-order valence-electron chi connectivity index (χ3n) is 3.38. The average Bonchev–Trinajstić information content (AvgIpc) is 2.88. The Hall–Kier alpha value is -1.54. The van der Waals surface area contributed by atoms with E-state index in [1.54, 1.807) is 0 Å². The fourth-order valence-electron chi connectivity index (χ4n) is 2.24. The summed E-state index contributed by atoms with van der Waals surface area (Å²) in [5.74, 6) is 0. The largest absolute Gasteiger partial charge is 0.354 e. The zero-order valence-corrected chi connectivity index (χ0v) is 12.0. The lowest BCUT2D eigenvalue weighted by molar-refractivity contribution is 0.668. The van der Waals surface area contributed by atoms with Crippen molar-refractivity contribution >= 4 is 0 Å². The molecule has 0 fully saturated rings. The van der Waals surface area contributed by atoms with E-state index in [9.17, 15) is 0 Å². The van der Waals surface area contributed by atoms with Gasteiger partial charge in [-0.15, -0.1) is 0 Å². The third-order valence-corrected chi connectivity index (χ3v) is 3.38. The maximum absolute atomic E-state index is 3.50. The minimum absolute atomic E-state index is 0.933. The van der Waals surface area contributed by atoms with Crippen molar-refractivity contribution < 1.29 is 0 Å². The van der Waals surface area contributed by atoms with Crippen LogP contribution in [0, 0.1) is 0 Å². The molecule has 0 saturated heterocycles. The van der Waals surface area contributed by atoms with Crippen LogP contribution < -0.4 is 5.32 Å². The van der Waals surface area contributed by atoms with Crippen LogP contribution in [0.25, 0.3) is 0 Å². The fraction of sp³-hybridized carbons (Fsp3) is 0.412. The van der Waals surface area contributed by atoms with Gasteiger partial charge in [-0.2, -0.15) is 0 Å². The van der Waals surface area contributed by atoms with Gasteiger partial charge >= 0.3 is 0 Å². The zero-order chi connectivity index (χ0) is 13.5. The van der Waals surface area contributed by atoms with E-state index < -0.39 is 0 Å². The quantitative estimate of drug-likeness (QED) is 0.798. The van der Waals surface area contributed by atoms with Crippen molar-refractivity contribution in [3.63, 3.8) is 0 Å². The summed E-state index contributed by atoms with van der Waals surface area (Å²) in [4.78, 5) is 0. The van der Waals surface area contributed by atoms with E-state index in [0.29, 0.717) is 0 Å². The van der Waals surface area contributed by atoms with Crippen molar-refractivity contribution in [3.05, 3.63) is 59.4 Å². The molecule has 0 spiro atoms. The van der Waals surface area contributed by atoms with E-state index in [1.165, 1.54) is 23.1 Å². The second kappa shape index (κ2) is 7.15. The molecule has 2 aromatic rings. The molecule has 1 N–H and O–H groups in total. The number of benzene rings is 1. The van der Waals surface area contributed by atoms with Gasteiger partial charge in [0.1, 0.15) is 0 Å². The standard InChI is InChI=1S/C17H24N2/c1-3-10-19-11-9-17(14-19)13-18-12-16-7-5-15(4-2)6-8-16/h5-9,11,14,18H,3-4,10,12-13H2,1-2H3. The van der Waals surface area contributed by atoms with Crippen LogP contribution >= 0.6 is 0 Å². The number of nitrogens with zero attached hydrogens (tertiary/aromatic N) is 1. The summed E-state index contributed by atoms with van der Waals surface area (Å²) in [5.41, 5.74) is 4.12. The molecule has 1 aromatic heterocycles. The third kappa shape index (κ3) is 4.25. The highest BCUT2D eigenvalue weighted by atomic mass is 14.9. The second-order valence-electron chi connectivity index (χ2n) is 5.03. The Bertz CT molecular complexity index is 482. The van der Waals surface area contributed by atoms with Gasteiger partial charge in [-0.05, 0) is 35.6 Å². The first kappa shape index (κ1) is 13.9. The average molecular weight is 256 g/mol. The highest BCUT2D eigenvalue weighted by molar-refractivity contribution is 5.22. The Morgan fingerprint density at radius 2 is 1.58 bits per heavy atom. The van der Waals surface area contributed by atoms with Crippen molar-refractivity contribution in [2.75, 3.05) is 0 Å². The Labute approximate surface area is 116 Å². The van der Waals surface area contributed by atoms with Crippen LogP contribution in [0.1, 0.15) is 37.0 Å². The number of hydrogen-bond donors (Lipinski definition) is 1. The van der Waals surface area contributed by atoms with Gasteiger partial charge in [-0.3, -0.25) is 0 Å². The van der Waals surface area contributed by atoms with E-state index in [0.717, 1.165) is 26.1 Å². The molecule has 0 atom stereocenters. The van der Waals surface area contributed by atoms with Gasteiger partial charge in [-0.25, -0.2) is 0 Å². The topological polar surface area (TPSA) is 17.0 Å². The lowest BCUT2D eigenvalue weighted by Gasteiger charge is -2.05. The molecule has 2 nitrogen and oxygen atoms in total. The maximum Gasteiger partial charge on any atom is 0.0223 e. The lowest BCUT2D eigenvalue weighted by Crippen LogP contribution is -2.12. The molecule has 2 rings (SSSR count). The van der Waals surface area contributed by atoms with Crippen LogP contribution in [0.2, 0.25) is 0 Å². The van der Waals surface area contributed by atoms with Crippen molar-refractivity contribution in [3.8, 4) is 0 Å². The number of nitrogens with one attached hydrogen (secondary N) is 1. The van der Waals surface area contributed by atoms with Gasteiger partial charge in [-0.1, -0.05) is 38.1 Å². The van der Waals surface area contributed by atoms with Crippen LogP contribution in [0.15, 0.2) is 42.7 Å². The summed E-state index contributed by atoms with van der Waals surface area (Å²) in [7, 11) is 0. The molecule has 0 aliphatic heterocycles. The number of rotatable bonds is 7. The number of aryl methyl sites for hydroxylation is 2. The first-order chi connectivity index (χ1) is 9.31. The fourth-order valence-corrected chi connectivity index (χ4v) is 2.24. The molecule has 1 heterocycles. The SMILES string of the molecule is CCCn1ccc(CNCc2ccc(CC)cc2)c1. The number of hydrogen-bond acceptors (Lipinski definition) is 1. The molecule has 0 amide bonds. The summed E-state index contributed by atoms with van der Waals surface area (Å²) in [6, 6.07) is 11.1. The summed E-state index contributed by atoms with van der Waals surface area (Å²) in [5, 5.41) is 3.50. The second-order valence-corrected chi connectivity index (χ2v) is 5.03.